The number of hydrogen-bond acceptors (Lipinski definition) is 3. The van der Waals surface area contributed by atoms with Gasteiger partial charge in [-0.25, -0.2) is 13.2 Å². The third-order valence-electron chi connectivity index (χ3n) is 0.985. The molecule has 0 bridgehead atoms. The Hall–Kier alpha value is -0.390. The molecule has 0 aliphatic rings. The van der Waals surface area contributed by atoms with Crippen LogP contribution in [-0.2, 0) is 9.53 Å². The van der Waals surface area contributed by atoms with Crippen LogP contribution in [0.1, 0.15) is 0 Å². The summed E-state index contributed by atoms with van der Waals surface area (Å²) in [7, 11) is 0.976. The van der Waals surface area contributed by atoms with E-state index in [4.69, 9.17) is 0 Å². The van der Waals surface area contributed by atoms with Gasteiger partial charge in [0.2, 0.25) is 0 Å². The molecule has 0 aromatic carbocycles. The zero-order valence-electron chi connectivity index (χ0n) is 5.63. The Balaban J connectivity index is 4.01. The third-order valence-corrected chi connectivity index (χ3v) is 1.48. The van der Waals surface area contributed by atoms with Gasteiger partial charge in [-0.05, 0) is 0 Å². The molecule has 0 spiro atoms. The van der Waals surface area contributed by atoms with Gasteiger partial charge in [-0.1, -0.05) is 0 Å². The van der Waals surface area contributed by atoms with Crippen molar-refractivity contribution in [3.05, 3.63) is 0 Å². The summed E-state index contributed by atoms with van der Waals surface area (Å²) in [5, 5.41) is -1.71. The molecule has 0 radical (unpaired) electrons. The maximum atomic E-state index is 12.2. The largest absolute Gasteiger partial charge is 0.468 e. The van der Waals surface area contributed by atoms with E-state index in [1.807, 2.05) is 0 Å². The normalized spacial score (nSPS) is 16.2. The van der Waals surface area contributed by atoms with Crippen molar-refractivity contribution in [1.29, 1.82) is 0 Å². The van der Waals surface area contributed by atoms with Gasteiger partial charge in [0.1, 0.15) is 5.25 Å². The predicted octanol–water partition coefficient (Wildman–Crippen LogP) is 1.06. The highest BCUT2D eigenvalue weighted by Gasteiger charge is 2.32. The van der Waals surface area contributed by atoms with E-state index in [2.05, 4.69) is 17.4 Å². The Bertz CT molecular complexity index is 142. The Kier molecular flexibility index (Phi) is 4.32. The monoisotopic (exact) mass is 188 g/mol. The quantitative estimate of drug-likeness (QED) is 0.529. The average Bonchev–Trinajstić information content (AvgIpc) is 2.00. The number of thiol groups is 1. The SMILES string of the molecule is COC(=O)C(S)C(F)C(F)F. The van der Waals surface area contributed by atoms with E-state index in [9.17, 15) is 18.0 Å². The molecule has 0 aliphatic carbocycles. The fourth-order valence-electron chi connectivity index (χ4n) is 0.389. The summed E-state index contributed by atoms with van der Waals surface area (Å²) in [6.45, 7) is 0. The number of hydrogen-bond donors (Lipinski definition) is 1. The van der Waals surface area contributed by atoms with E-state index in [0.29, 0.717) is 0 Å². The van der Waals surface area contributed by atoms with E-state index in [-0.39, 0.29) is 0 Å². The maximum absolute atomic E-state index is 12.2. The second-order valence-electron chi connectivity index (χ2n) is 1.75. The van der Waals surface area contributed by atoms with Crippen molar-refractivity contribution in [1.82, 2.24) is 0 Å². The van der Waals surface area contributed by atoms with E-state index in [1.54, 1.807) is 0 Å². The fraction of sp³-hybridized carbons (Fsp3) is 0.800. The molecule has 0 amide bonds. The first-order valence-electron chi connectivity index (χ1n) is 2.68. The van der Waals surface area contributed by atoms with E-state index >= 15 is 0 Å². The molecule has 6 heteroatoms. The smallest absolute Gasteiger partial charge is 0.321 e. The van der Waals surface area contributed by atoms with E-state index in [1.165, 1.54) is 0 Å². The number of alkyl halides is 3. The minimum Gasteiger partial charge on any atom is -0.468 e. The van der Waals surface area contributed by atoms with Crippen LogP contribution in [0.15, 0.2) is 0 Å². The van der Waals surface area contributed by atoms with Crippen LogP contribution < -0.4 is 0 Å². The lowest BCUT2D eigenvalue weighted by molar-refractivity contribution is -0.142. The van der Waals surface area contributed by atoms with Gasteiger partial charge in [-0.2, -0.15) is 12.6 Å². The van der Waals surface area contributed by atoms with Gasteiger partial charge in [0.05, 0.1) is 7.11 Å². The van der Waals surface area contributed by atoms with Crippen molar-refractivity contribution in [2.75, 3.05) is 7.11 Å². The van der Waals surface area contributed by atoms with Gasteiger partial charge in [0, 0.05) is 0 Å². The molecule has 2 unspecified atom stereocenters. The van der Waals surface area contributed by atoms with Gasteiger partial charge >= 0.3 is 5.97 Å². The van der Waals surface area contributed by atoms with Crippen molar-refractivity contribution >= 4 is 18.6 Å². The Morgan fingerprint density at radius 2 is 1.91 bits per heavy atom. The molecule has 0 aliphatic heterocycles. The average molecular weight is 188 g/mol. The summed E-state index contributed by atoms with van der Waals surface area (Å²) in [4.78, 5) is 10.4. The number of carbonyl (C=O) groups excluding carboxylic acids is 1. The van der Waals surface area contributed by atoms with Crippen LogP contribution in [0.25, 0.3) is 0 Å². The Labute approximate surface area is 67.1 Å². The van der Waals surface area contributed by atoms with Crippen LogP contribution >= 0.6 is 12.6 Å². The summed E-state index contributed by atoms with van der Waals surface area (Å²) in [5.74, 6) is -1.10. The first kappa shape index (κ1) is 10.6. The summed E-state index contributed by atoms with van der Waals surface area (Å²) < 4.78 is 39.3. The van der Waals surface area contributed by atoms with Gasteiger partial charge in [-0.3, -0.25) is 4.79 Å². The number of carbonyl (C=O) groups is 1. The highest BCUT2D eigenvalue weighted by Crippen LogP contribution is 2.15. The number of esters is 1. The lowest BCUT2D eigenvalue weighted by Crippen LogP contribution is -2.32. The van der Waals surface area contributed by atoms with Crippen molar-refractivity contribution in [3.63, 3.8) is 0 Å². The topological polar surface area (TPSA) is 26.3 Å². The molecule has 0 fully saturated rings. The number of methoxy groups -OCH3 is 1. The molecule has 0 N–H and O–H groups in total. The van der Waals surface area contributed by atoms with Crippen LogP contribution in [-0.4, -0.2) is 30.9 Å². The summed E-state index contributed by atoms with van der Waals surface area (Å²) in [6.07, 6.45) is -5.79. The van der Waals surface area contributed by atoms with Gasteiger partial charge in [-0.15, -0.1) is 0 Å². The third kappa shape index (κ3) is 3.00. The highest BCUT2D eigenvalue weighted by molar-refractivity contribution is 7.81. The Morgan fingerprint density at radius 3 is 2.18 bits per heavy atom. The molecular formula is C5H7F3O2S. The lowest BCUT2D eigenvalue weighted by atomic mass is 10.3. The minimum atomic E-state index is -3.21. The van der Waals surface area contributed by atoms with Crippen molar-refractivity contribution in [3.8, 4) is 0 Å². The second kappa shape index (κ2) is 4.48. The van der Waals surface area contributed by atoms with Crippen LogP contribution in [0.4, 0.5) is 13.2 Å². The van der Waals surface area contributed by atoms with Crippen molar-refractivity contribution in [2.24, 2.45) is 0 Å². The molecule has 0 rings (SSSR count). The van der Waals surface area contributed by atoms with Crippen molar-refractivity contribution in [2.45, 2.75) is 17.8 Å². The molecule has 0 heterocycles. The second-order valence-corrected chi connectivity index (χ2v) is 2.30. The standard InChI is InChI=1S/C5H7F3O2S/c1-10-5(9)3(11)2(6)4(7)8/h2-4,11H,1H3. The van der Waals surface area contributed by atoms with E-state index in [0.717, 1.165) is 7.11 Å². The van der Waals surface area contributed by atoms with Gasteiger partial charge < -0.3 is 4.74 Å². The maximum Gasteiger partial charge on any atom is 0.321 e. The van der Waals surface area contributed by atoms with Crippen molar-refractivity contribution < 1.29 is 22.7 Å². The summed E-state index contributed by atoms with van der Waals surface area (Å²) >= 11 is 3.31. The molecular weight excluding hydrogens is 181 g/mol. The summed E-state index contributed by atoms with van der Waals surface area (Å²) in [5.41, 5.74) is 0. The molecule has 11 heavy (non-hydrogen) atoms. The molecule has 0 aromatic heterocycles. The van der Waals surface area contributed by atoms with Gasteiger partial charge in [0.15, 0.2) is 6.17 Å². The lowest BCUT2D eigenvalue weighted by Gasteiger charge is -2.11. The molecule has 0 saturated heterocycles. The molecule has 66 valence electrons. The van der Waals surface area contributed by atoms with Crippen LogP contribution in [0.3, 0.4) is 0 Å². The predicted molar refractivity (Wildman–Crippen MR) is 35.7 cm³/mol. The number of rotatable bonds is 3. The molecule has 0 aromatic rings. The highest BCUT2D eigenvalue weighted by atomic mass is 32.1. The Morgan fingerprint density at radius 1 is 1.45 bits per heavy atom. The first-order chi connectivity index (χ1) is 5.00. The molecule has 2 atom stereocenters. The summed E-state index contributed by atoms with van der Waals surface area (Å²) in [6, 6.07) is 0. The van der Waals surface area contributed by atoms with Crippen LogP contribution in [0, 0.1) is 0 Å². The number of ether oxygens (including phenoxy) is 1. The first-order valence-corrected chi connectivity index (χ1v) is 3.20. The number of halogens is 3. The zero-order valence-corrected chi connectivity index (χ0v) is 6.52. The minimum absolute atomic E-state index is 0.976. The zero-order chi connectivity index (χ0) is 9.02. The van der Waals surface area contributed by atoms with Gasteiger partial charge in [0.25, 0.3) is 6.43 Å². The molecule has 2 nitrogen and oxygen atoms in total. The van der Waals surface area contributed by atoms with Crippen LogP contribution in [0.5, 0.6) is 0 Å². The van der Waals surface area contributed by atoms with E-state index < -0.39 is 23.8 Å². The molecule has 0 saturated carbocycles. The fourth-order valence-corrected chi connectivity index (χ4v) is 0.624. The van der Waals surface area contributed by atoms with Crippen LogP contribution in [0.2, 0.25) is 0 Å².